The summed E-state index contributed by atoms with van der Waals surface area (Å²) in [5.41, 5.74) is 1.04. The molecule has 0 atom stereocenters. The summed E-state index contributed by atoms with van der Waals surface area (Å²) in [6.45, 7) is 0.815. The molecule has 1 fully saturated rings. The largest absolute Gasteiger partial charge is 0.457 e. The van der Waals surface area contributed by atoms with Gasteiger partial charge in [0, 0.05) is 6.04 Å². The molecule has 0 unspecified atom stereocenters. The number of para-hydroxylation sites is 1. The second kappa shape index (κ2) is 4.47. The van der Waals surface area contributed by atoms with Gasteiger partial charge in [-0.3, -0.25) is 0 Å². The molecule has 1 N–H and O–H groups in total. The highest BCUT2D eigenvalue weighted by atomic mass is 32.1. The first-order valence-electron chi connectivity index (χ1n) is 6.56. The van der Waals surface area contributed by atoms with E-state index < -0.39 is 0 Å². The summed E-state index contributed by atoms with van der Waals surface area (Å²) in [6.07, 6.45) is 2.59. The van der Waals surface area contributed by atoms with Crippen LogP contribution in [0.4, 0.5) is 0 Å². The van der Waals surface area contributed by atoms with Crippen LogP contribution < -0.4 is 5.32 Å². The molecule has 1 saturated carbocycles. The molecule has 1 aliphatic carbocycles. The SMILES string of the molecule is c1ccc2sc(-c3ccc(CNC4CC4)o3)nc2c1. The van der Waals surface area contributed by atoms with Gasteiger partial charge in [0.05, 0.1) is 16.8 Å². The van der Waals surface area contributed by atoms with Crippen molar-refractivity contribution in [3.05, 3.63) is 42.2 Å². The van der Waals surface area contributed by atoms with E-state index in [1.165, 1.54) is 17.5 Å². The number of furan rings is 1. The molecule has 0 saturated heterocycles. The summed E-state index contributed by atoms with van der Waals surface area (Å²) in [7, 11) is 0. The minimum Gasteiger partial charge on any atom is -0.457 e. The number of nitrogens with zero attached hydrogens (tertiary/aromatic N) is 1. The molecule has 4 rings (SSSR count). The molecule has 0 spiro atoms. The van der Waals surface area contributed by atoms with Crippen molar-refractivity contribution in [1.82, 2.24) is 10.3 Å². The first-order chi connectivity index (χ1) is 9.38. The minimum atomic E-state index is 0.705. The molecule has 96 valence electrons. The van der Waals surface area contributed by atoms with Crippen LogP contribution in [0.3, 0.4) is 0 Å². The van der Waals surface area contributed by atoms with E-state index in [-0.39, 0.29) is 0 Å². The van der Waals surface area contributed by atoms with Crippen molar-refractivity contribution in [2.75, 3.05) is 0 Å². The van der Waals surface area contributed by atoms with E-state index >= 15 is 0 Å². The third kappa shape index (κ3) is 2.29. The quantitative estimate of drug-likeness (QED) is 0.783. The molecule has 0 aliphatic heterocycles. The van der Waals surface area contributed by atoms with Crippen molar-refractivity contribution < 1.29 is 4.42 Å². The maximum atomic E-state index is 5.86. The number of nitrogens with one attached hydrogen (secondary N) is 1. The van der Waals surface area contributed by atoms with E-state index in [0.29, 0.717) is 6.04 Å². The van der Waals surface area contributed by atoms with E-state index in [1.54, 1.807) is 11.3 Å². The summed E-state index contributed by atoms with van der Waals surface area (Å²) in [5.74, 6) is 1.86. The highest BCUT2D eigenvalue weighted by Crippen LogP contribution is 2.31. The third-order valence-corrected chi connectivity index (χ3v) is 4.36. The van der Waals surface area contributed by atoms with Gasteiger partial charge in [-0.25, -0.2) is 4.98 Å². The Bertz CT molecular complexity index is 679. The molecule has 0 amide bonds. The summed E-state index contributed by atoms with van der Waals surface area (Å²) in [6, 6.07) is 12.9. The van der Waals surface area contributed by atoms with Crippen molar-refractivity contribution in [2.45, 2.75) is 25.4 Å². The van der Waals surface area contributed by atoms with Crippen LogP contribution >= 0.6 is 11.3 Å². The van der Waals surface area contributed by atoms with Gasteiger partial charge < -0.3 is 9.73 Å². The first kappa shape index (κ1) is 11.2. The van der Waals surface area contributed by atoms with E-state index in [4.69, 9.17) is 4.42 Å². The molecule has 3 aromatic rings. The zero-order valence-corrected chi connectivity index (χ0v) is 11.2. The number of thiazole rings is 1. The molecule has 4 heteroatoms. The van der Waals surface area contributed by atoms with E-state index in [1.807, 2.05) is 30.3 Å². The lowest BCUT2D eigenvalue weighted by atomic mass is 10.3. The zero-order valence-electron chi connectivity index (χ0n) is 10.4. The number of hydrogen-bond acceptors (Lipinski definition) is 4. The van der Waals surface area contributed by atoms with E-state index in [9.17, 15) is 0 Å². The van der Waals surface area contributed by atoms with Crippen molar-refractivity contribution in [1.29, 1.82) is 0 Å². The van der Waals surface area contributed by atoms with E-state index in [2.05, 4.69) is 16.4 Å². The molecule has 0 bridgehead atoms. The van der Waals surface area contributed by atoms with Gasteiger partial charge >= 0.3 is 0 Å². The molecular formula is C15H14N2OS. The topological polar surface area (TPSA) is 38.1 Å². The van der Waals surface area contributed by atoms with Crippen molar-refractivity contribution >= 4 is 21.6 Å². The predicted octanol–water partition coefficient (Wildman–Crippen LogP) is 3.81. The average molecular weight is 270 g/mol. The second-order valence-corrected chi connectivity index (χ2v) is 5.94. The normalized spacial score (nSPS) is 15.2. The molecular weight excluding hydrogens is 256 g/mol. The second-order valence-electron chi connectivity index (χ2n) is 4.91. The Labute approximate surface area is 115 Å². The summed E-state index contributed by atoms with van der Waals surface area (Å²) in [5, 5.41) is 4.41. The smallest absolute Gasteiger partial charge is 0.163 e. The molecule has 2 aromatic heterocycles. The minimum absolute atomic E-state index is 0.705. The van der Waals surface area contributed by atoms with Crippen molar-refractivity contribution in [3.63, 3.8) is 0 Å². The van der Waals surface area contributed by atoms with Crippen LogP contribution in [-0.4, -0.2) is 11.0 Å². The Morgan fingerprint density at radius 3 is 2.95 bits per heavy atom. The van der Waals surface area contributed by atoms with Gasteiger partial charge in [0.1, 0.15) is 5.76 Å². The van der Waals surface area contributed by atoms with Crippen LogP contribution in [0, 0.1) is 0 Å². The van der Waals surface area contributed by atoms with Crippen LogP contribution in [-0.2, 0) is 6.54 Å². The maximum Gasteiger partial charge on any atom is 0.163 e. The van der Waals surface area contributed by atoms with Crippen LogP contribution in [0.2, 0.25) is 0 Å². The van der Waals surface area contributed by atoms with Gasteiger partial charge in [-0.2, -0.15) is 0 Å². The molecule has 1 aromatic carbocycles. The van der Waals surface area contributed by atoms with Crippen LogP contribution in [0.15, 0.2) is 40.8 Å². The standard InChI is InChI=1S/C15H14N2OS/c1-2-4-14-12(3-1)17-15(19-14)13-8-7-11(18-13)9-16-10-5-6-10/h1-4,7-8,10,16H,5-6,9H2. The third-order valence-electron chi connectivity index (χ3n) is 3.31. The number of benzene rings is 1. The van der Waals surface area contributed by atoms with Crippen molar-refractivity contribution in [3.8, 4) is 10.8 Å². The summed E-state index contributed by atoms with van der Waals surface area (Å²) < 4.78 is 7.06. The van der Waals surface area contributed by atoms with Gasteiger partial charge in [0.15, 0.2) is 10.8 Å². The Balaban J connectivity index is 1.60. The van der Waals surface area contributed by atoms with Crippen molar-refractivity contribution in [2.24, 2.45) is 0 Å². The number of hydrogen-bond donors (Lipinski definition) is 1. The maximum absolute atomic E-state index is 5.86. The Kier molecular flexibility index (Phi) is 2.64. The number of aromatic nitrogens is 1. The lowest BCUT2D eigenvalue weighted by Crippen LogP contribution is -2.14. The first-order valence-corrected chi connectivity index (χ1v) is 7.38. The lowest BCUT2D eigenvalue weighted by Gasteiger charge is -1.97. The van der Waals surface area contributed by atoms with Gasteiger partial charge in [0.2, 0.25) is 0 Å². The molecule has 1 aliphatic rings. The highest BCUT2D eigenvalue weighted by Gasteiger charge is 2.20. The Morgan fingerprint density at radius 2 is 2.11 bits per heavy atom. The monoisotopic (exact) mass is 270 g/mol. The fourth-order valence-corrected chi connectivity index (χ4v) is 3.03. The van der Waals surface area contributed by atoms with Gasteiger partial charge in [0.25, 0.3) is 0 Å². The lowest BCUT2D eigenvalue weighted by molar-refractivity contribution is 0.492. The molecule has 2 heterocycles. The zero-order chi connectivity index (χ0) is 12.7. The number of fused-ring (bicyclic) bond motifs is 1. The van der Waals surface area contributed by atoms with Gasteiger partial charge in [-0.1, -0.05) is 12.1 Å². The van der Waals surface area contributed by atoms with Gasteiger partial charge in [-0.05, 0) is 37.1 Å². The summed E-state index contributed by atoms with van der Waals surface area (Å²) >= 11 is 1.68. The van der Waals surface area contributed by atoms with Crippen LogP contribution in [0.25, 0.3) is 21.0 Å². The molecule has 0 radical (unpaired) electrons. The van der Waals surface area contributed by atoms with Crippen LogP contribution in [0.5, 0.6) is 0 Å². The van der Waals surface area contributed by atoms with Crippen LogP contribution in [0.1, 0.15) is 18.6 Å². The summed E-state index contributed by atoms with van der Waals surface area (Å²) in [4.78, 5) is 4.61. The molecule has 19 heavy (non-hydrogen) atoms. The Morgan fingerprint density at radius 1 is 1.21 bits per heavy atom. The molecule has 3 nitrogen and oxygen atoms in total. The number of rotatable bonds is 4. The average Bonchev–Trinajstić information content (AvgIpc) is 2.99. The predicted molar refractivity (Wildman–Crippen MR) is 77.2 cm³/mol. The fourth-order valence-electron chi connectivity index (χ4n) is 2.10. The van der Waals surface area contributed by atoms with E-state index in [0.717, 1.165) is 28.6 Å². The fraction of sp³-hybridized carbons (Fsp3) is 0.267. The Hall–Kier alpha value is -1.65. The highest BCUT2D eigenvalue weighted by molar-refractivity contribution is 7.21. The van der Waals surface area contributed by atoms with Gasteiger partial charge in [-0.15, -0.1) is 11.3 Å².